The Labute approximate surface area is 145 Å². The topological polar surface area (TPSA) is 35.9 Å². The normalized spacial score (nSPS) is 21.3. The van der Waals surface area contributed by atoms with Crippen molar-refractivity contribution >= 4 is 11.6 Å². The zero-order valence-corrected chi connectivity index (χ0v) is 15.2. The quantitative estimate of drug-likeness (QED) is 0.827. The highest BCUT2D eigenvalue weighted by atomic mass is 35.5. The molecule has 0 amide bonds. The van der Waals surface area contributed by atoms with Gasteiger partial charge in [0.1, 0.15) is 5.75 Å². The molecule has 1 aromatic rings. The number of hydrogen-bond donors (Lipinski definition) is 1. The fourth-order valence-corrected chi connectivity index (χ4v) is 3.50. The first-order valence-corrected chi connectivity index (χ1v) is 8.99. The molecule has 1 aliphatic heterocycles. The van der Waals surface area contributed by atoms with Crippen LogP contribution in [-0.4, -0.2) is 60.3 Å². The molecule has 0 aliphatic carbocycles. The van der Waals surface area contributed by atoms with E-state index < -0.39 is 0 Å². The molecular formula is C18H29ClN2O2. The highest BCUT2D eigenvalue weighted by Gasteiger charge is 2.29. The zero-order chi connectivity index (χ0) is 16.8. The van der Waals surface area contributed by atoms with Gasteiger partial charge in [0.15, 0.2) is 0 Å². The van der Waals surface area contributed by atoms with Gasteiger partial charge in [-0.25, -0.2) is 0 Å². The Bertz CT molecular complexity index is 498. The molecule has 5 heteroatoms. The van der Waals surface area contributed by atoms with E-state index >= 15 is 0 Å². The van der Waals surface area contributed by atoms with Crippen LogP contribution in [0, 0.1) is 0 Å². The van der Waals surface area contributed by atoms with Crippen molar-refractivity contribution in [2.24, 2.45) is 0 Å². The van der Waals surface area contributed by atoms with Crippen molar-refractivity contribution in [1.29, 1.82) is 0 Å². The SMILES string of the molecule is CCCOc1ccc(C(CO)N2CCN(CC)CC2C)cc1Cl. The summed E-state index contributed by atoms with van der Waals surface area (Å²) in [6, 6.07) is 6.28. The second kappa shape index (κ2) is 8.88. The average Bonchev–Trinajstić information content (AvgIpc) is 2.56. The summed E-state index contributed by atoms with van der Waals surface area (Å²) >= 11 is 6.35. The predicted octanol–water partition coefficient (Wildman–Crippen LogP) is 3.19. The zero-order valence-electron chi connectivity index (χ0n) is 14.5. The molecule has 0 saturated carbocycles. The maximum Gasteiger partial charge on any atom is 0.137 e. The lowest BCUT2D eigenvalue weighted by Crippen LogP contribution is -2.53. The summed E-state index contributed by atoms with van der Waals surface area (Å²) in [5.41, 5.74) is 1.05. The number of ether oxygens (including phenoxy) is 1. The minimum Gasteiger partial charge on any atom is -0.492 e. The van der Waals surface area contributed by atoms with E-state index in [1.54, 1.807) is 0 Å². The van der Waals surface area contributed by atoms with Gasteiger partial charge >= 0.3 is 0 Å². The van der Waals surface area contributed by atoms with Crippen molar-refractivity contribution in [1.82, 2.24) is 9.80 Å². The van der Waals surface area contributed by atoms with Crippen molar-refractivity contribution in [3.63, 3.8) is 0 Å². The van der Waals surface area contributed by atoms with E-state index in [9.17, 15) is 5.11 Å². The minimum absolute atomic E-state index is 0.0123. The summed E-state index contributed by atoms with van der Waals surface area (Å²) in [5.74, 6) is 0.720. The van der Waals surface area contributed by atoms with Crippen LogP contribution < -0.4 is 4.74 Å². The van der Waals surface area contributed by atoms with Crippen LogP contribution in [0.5, 0.6) is 5.75 Å². The molecule has 130 valence electrons. The number of nitrogens with zero attached hydrogens (tertiary/aromatic N) is 2. The molecule has 23 heavy (non-hydrogen) atoms. The molecule has 2 rings (SSSR count). The van der Waals surface area contributed by atoms with Crippen molar-refractivity contribution in [2.75, 3.05) is 39.4 Å². The van der Waals surface area contributed by atoms with Crippen LogP contribution >= 0.6 is 11.6 Å². The van der Waals surface area contributed by atoms with Gasteiger partial charge in [0.05, 0.1) is 24.3 Å². The van der Waals surface area contributed by atoms with Gasteiger partial charge in [0.2, 0.25) is 0 Å². The standard InChI is InChI=1S/C18H29ClN2O2/c1-4-10-23-18-7-6-15(11-16(18)19)17(13-22)21-9-8-20(5-2)12-14(21)3/h6-7,11,14,17,22H,4-5,8-10,12-13H2,1-3H3. The number of hydrogen-bond acceptors (Lipinski definition) is 4. The van der Waals surface area contributed by atoms with Gasteiger partial charge in [-0.3, -0.25) is 4.90 Å². The first-order chi connectivity index (χ1) is 11.1. The summed E-state index contributed by atoms with van der Waals surface area (Å²) in [6.07, 6.45) is 0.955. The summed E-state index contributed by atoms with van der Waals surface area (Å²) in [4.78, 5) is 4.83. The molecule has 0 bridgehead atoms. The molecule has 1 aliphatic rings. The van der Waals surface area contributed by atoms with Crippen LogP contribution in [0.15, 0.2) is 18.2 Å². The lowest BCUT2D eigenvalue weighted by atomic mass is 10.0. The van der Waals surface area contributed by atoms with E-state index in [-0.39, 0.29) is 12.6 Å². The number of aliphatic hydroxyl groups is 1. The Balaban J connectivity index is 2.13. The Kier molecular flexibility index (Phi) is 7.15. The second-order valence-electron chi connectivity index (χ2n) is 6.22. The van der Waals surface area contributed by atoms with E-state index in [1.807, 2.05) is 18.2 Å². The number of aliphatic hydroxyl groups excluding tert-OH is 1. The van der Waals surface area contributed by atoms with Crippen molar-refractivity contribution < 1.29 is 9.84 Å². The number of rotatable bonds is 7. The van der Waals surface area contributed by atoms with Gasteiger partial charge in [0.25, 0.3) is 0 Å². The molecule has 1 N–H and O–H groups in total. The highest BCUT2D eigenvalue weighted by molar-refractivity contribution is 6.32. The smallest absolute Gasteiger partial charge is 0.137 e. The molecule has 0 radical (unpaired) electrons. The molecule has 1 saturated heterocycles. The summed E-state index contributed by atoms with van der Waals surface area (Å²) in [6.45, 7) is 11.4. The number of likely N-dealkylation sites (N-methyl/N-ethyl adjacent to an activating group) is 1. The van der Waals surface area contributed by atoms with E-state index in [4.69, 9.17) is 16.3 Å². The summed E-state index contributed by atoms with van der Waals surface area (Å²) < 4.78 is 5.63. The summed E-state index contributed by atoms with van der Waals surface area (Å²) in [5, 5.41) is 10.6. The van der Waals surface area contributed by atoms with Crippen molar-refractivity contribution in [3.8, 4) is 5.75 Å². The third-order valence-corrected chi connectivity index (χ3v) is 4.88. The molecule has 2 atom stereocenters. The van der Waals surface area contributed by atoms with E-state index in [2.05, 4.69) is 30.6 Å². The largest absolute Gasteiger partial charge is 0.492 e. The van der Waals surface area contributed by atoms with Crippen LogP contribution in [0.3, 0.4) is 0 Å². The molecule has 1 fully saturated rings. The average molecular weight is 341 g/mol. The first kappa shape index (κ1) is 18.5. The van der Waals surface area contributed by atoms with E-state index in [1.165, 1.54) is 0 Å². The van der Waals surface area contributed by atoms with Crippen LogP contribution in [0.2, 0.25) is 5.02 Å². The Morgan fingerprint density at radius 1 is 1.35 bits per heavy atom. The molecule has 0 spiro atoms. The van der Waals surface area contributed by atoms with Crippen molar-refractivity contribution in [3.05, 3.63) is 28.8 Å². The Morgan fingerprint density at radius 3 is 2.70 bits per heavy atom. The van der Waals surface area contributed by atoms with Crippen LogP contribution in [0.25, 0.3) is 0 Å². The van der Waals surface area contributed by atoms with Crippen molar-refractivity contribution in [2.45, 2.75) is 39.3 Å². The molecule has 0 aromatic heterocycles. The van der Waals surface area contributed by atoms with Gasteiger partial charge in [-0.05, 0) is 37.6 Å². The fraction of sp³-hybridized carbons (Fsp3) is 0.667. The van der Waals surface area contributed by atoms with Gasteiger partial charge in [-0.2, -0.15) is 0 Å². The maximum atomic E-state index is 9.94. The molecule has 4 nitrogen and oxygen atoms in total. The number of benzene rings is 1. The lowest BCUT2D eigenvalue weighted by molar-refractivity contribution is 0.0271. The van der Waals surface area contributed by atoms with E-state index in [0.717, 1.165) is 43.9 Å². The molecule has 1 heterocycles. The highest BCUT2D eigenvalue weighted by Crippen LogP contribution is 2.31. The monoisotopic (exact) mass is 340 g/mol. The second-order valence-corrected chi connectivity index (χ2v) is 6.62. The predicted molar refractivity (Wildman–Crippen MR) is 95.3 cm³/mol. The Hall–Kier alpha value is -0.810. The van der Waals surface area contributed by atoms with E-state index in [0.29, 0.717) is 17.7 Å². The number of halogens is 1. The number of piperazine rings is 1. The third kappa shape index (κ3) is 4.60. The fourth-order valence-electron chi connectivity index (χ4n) is 3.25. The molecular weight excluding hydrogens is 312 g/mol. The Morgan fingerprint density at radius 2 is 2.13 bits per heavy atom. The van der Waals surface area contributed by atoms with Gasteiger partial charge in [0, 0.05) is 25.7 Å². The first-order valence-electron chi connectivity index (χ1n) is 8.61. The summed E-state index contributed by atoms with van der Waals surface area (Å²) in [7, 11) is 0. The van der Waals surface area contributed by atoms with Gasteiger partial charge < -0.3 is 14.7 Å². The van der Waals surface area contributed by atoms with Crippen LogP contribution in [-0.2, 0) is 0 Å². The molecule has 1 aromatic carbocycles. The maximum absolute atomic E-state index is 9.94. The molecule has 2 unspecified atom stereocenters. The minimum atomic E-state index is -0.0123. The van der Waals surface area contributed by atoms with Crippen LogP contribution in [0.4, 0.5) is 0 Å². The van der Waals surface area contributed by atoms with Gasteiger partial charge in [-0.15, -0.1) is 0 Å². The third-order valence-electron chi connectivity index (χ3n) is 4.59. The van der Waals surface area contributed by atoms with Crippen LogP contribution in [0.1, 0.15) is 38.8 Å². The van der Waals surface area contributed by atoms with Gasteiger partial charge in [-0.1, -0.05) is 31.5 Å². The lowest BCUT2D eigenvalue weighted by Gasteiger charge is -2.43.